The Balaban J connectivity index is 1.31. The van der Waals surface area contributed by atoms with Gasteiger partial charge < -0.3 is 24.7 Å². The predicted octanol–water partition coefficient (Wildman–Crippen LogP) is 3.24. The number of hydrogen-bond acceptors (Lipinski definition) is 6. The van der Waals surface area contributed by atoms with Gasteiger partial charge in [-0.25, -0.2) is 0 Å². The van der Waals surface area contributed by atoms with Crippen molar-refractivity contribution < 1.29 is 18.7 Å². The van der Waals surface area contributed by atoms with Crippen molar-refractivity contribution in [1.29, 1.82) is 0 Å². The Labute approximate surface area is 209 Å². The molecule has 184 valence electrons. The second-order valence-corrected chi connectivity index (χ2v) is 8.71. The highest BCUT2D eigenvalue weighted by Gasteiger charge is 2.28. The summed E-state index contributed by atoms with van der Waals surface area (Å²) in [5.41, 5.74) is 2.00. The lowest BCUT2D eigenvalue weighted by molar-refractivity contribution is -0.139. The van der Waals surface area contributed by atoms with Crippen molar-refractivity contribution in [3.63, 3.8) is 0 Å². The fourth-order valence-corrected chi connectivity index (χ4v) is 4.24. The number of halogens is 1. The number of anilines is 1. The molecule has 2 amide bonds. The van der Waals surface area contributed by atoms with E-state index in [-0.39, 0.29) is 19.1 Å². The number of hydrogen-bond donors (Lipinski definition) is 2. The van der Waals surface area contributed by atoms with Crippen LogP contribution in [0.15, 0.2) is 71.3 Å². The van der Waals surface area contributed by atoms with Crippen LogP contribution in [0.4, 0.5) is 5.69 Å². The lowest BCUT2D eigenvalue weighted by Crippen LogP contribution is -2.50. The molecule has 1 aliphatic heterocycles. The summed E-state index contributed by atoms with van der Waals surface area (Å²) in [6.07, 6.45) is 1.62. The zero-order valence-corrected chi connectivity index (χ0v) is 20.3. The fourth-order valence-electron chi connectivity index (χ4n) is 4.11. The number of rotatable bonds is 8. The second-order valence-electron chi connectivity index (χ2n) is 8.27. The van der Waals surface area contributed by atoms with Crippen molar-refractivity contribution in [2.75, 3.05) is 44.7 Å². The molecule has 0 aliphatic carbocycles. The summed E-state index contributed by atoms with van der Waals surface area (Å²) in [5, 5.41) is 6.03. The van der Waals surface area contributed by atoms with Gasteiger partial charge in [0.2, 0.25) is 0 Å². The standard InChI is InChI=1S/C26H29ClN4O4/c1-34-22-10-8-21(9-11-22)30-12-14-31(15-13-30)23(24-3-2-16-35-24)18-29-26(33)25(32)28-17-19-4-6-20(27)7-5-19/h2-11,16,23H,12-15,17-18H2,1H3,(H,28,32)(H,29,33)/t23-/m0/s1. The molecule has 2 N–H and O–H groups in total. The van der Waals surface area contributed by atoms with Crippen LogP contribution in [0.2, 0.25) is 5.02 Å². The maximum absolute atomic E-state index is 12.5. The van der Waals surface area contributed by atoms with Crippen molar-refractivity contribution in [3.05, 3.63) is 83.3 Å². The minimum Gasteiger partial charge on any atom is -0.497 e. The average molecular weight is 497 g/mol. The number of nitrogens with zero attached hydrogens (tertiary/aromatic N) is 2. The van der Waals surface area contributed by atoms with E-state index in [4.69, 9.17) is 20.8 Å². The monoisotopic (exact) mass is 496 g/mol. The van der Waals surface area contributed by atoms with Gasteiger partial charge >= 0.3 is 11.8 Å². The minimum absolute atomic E-state index is 0.170. The molecule has 1 fully saturated rings. The van der Waals surface area contributed by atoms with Crippen LogP contribution in [0.3, 0.4) is 0 Å². The first-order chi connectivity index (χ1) is 17.0. The van der Waals surface area contributed by atoms with Gasteiger partial charge in [0.15, 0.2) is 0 Å². The van der Waals surface area contributed by atoms with Gasteiger partial charge in [0, 0.05) is 50.0 Å². The molecule has 1 saturated heterocycles. The topological polar surface area (TPSA) is 87.0 Å². The van der Waals surface area contributed by atoms with Gasteiger partial charge in [-0.05, 0) is 54.1 Å². The zero-order chi connectivity index (χ0) is 24.6. The van der Waals surface area contributed by atoms with Gasteiger partial charge in [-0.2, -0.15) is 0 Å². The molecule has 2 heterocycles. The van der Waals surface area contributed by atoms with Crippen LogP contribution in [-0.2, 0) is 16.1 Å². The van der Waals surface area contributed by atoms with E-state index in [1.165, 1.54) is 0 Å². The molecule has 8 nitrogen and oxygen atoms in total. The Morgan fingerprint density at radius 3 is 2.29 bits per heavy atom. The summed E-state index contributed by atoms with van der Waals surface area (Å²) in [6.45, 7) is 3.76. The maximum Gasteiger partial charge on any atom is 0.309 e. The molecule has 0 spiro atoms. The molecule has 1 atom stereocenters. The molecule has 35 heavy (non-hydrogen) atoms. The highest BCUT2D eigenvalue weighted by molar-refractivity contribution is 6.35. The normalized spacial score (nSPS) is 14.9. The summed E-state index contributed by atoms with van der Waals surface area (Å²) in [5.74, 6) is 0.234. The van der Waals surface area contributed by atoms with Gasteiger partial charge in [0.25, 0.3) is 0 Å². The lowest BCUT2D eigenvalue weighted by Gasteiger charge is -2.39. The van der Waals surface area contributed by atoms with Crippen LogP contribution in [0.1, 0.15) is 17.4 Å². The number of ether oxygens (including phenoxy) is 1. The average Bonchev–Trinajstić information content (AvgIpc) is 3.43. The quantitative estimate of drug-likeness (QED) is 0.466. The number of nitrogens with one attached hydrogen (secondary N) is 2. The molecule has 4 rings (SSSR count). The highest BCUT2D eigenvalue weighted by Crippen LogP contribution is 2.25. The van der Waals surface area contributed by atoms with E-state index in [0.717, 1.165) is 48.9 Å². The molecule has 1 aliphatic rings. The second kappa shape index (κ2) is 11.8. The predicted molar refractivity (Wildman–Crippen MR) is 135 cm³/mol. The summed E-state index contributed by atoms with van der Waals surface area (Å²) >= 11 is 5.88. The first-order valence-electron chi connectivity index (χ1n) is 11.5. The van der Waals surface area contributed by atoms with E-state index in [2.05, 4.69) is 32.6 Å². The van der Waals surface area contributed by atoms with Gasteiger partial charge in [-0.3, -0.25) is 14.5 Å². The van der Waals surface area contributed by atoms with Gasteiger partial charge in [-0.1, -0.05) is 23.7 Å². The molecule has 0 unspecified atom stereocenters. The minimum atomic E-state index is -0.678. The third kappa shape index (κ3) is 6.55. The van der Waals surface area contributed by atoms with Crippen LogP contribution in [0, 0.1) is 0 Å². The van der Waals surface area contributed by atoms with E-state index in [0.29, 0.717) is 5.02 Å². The van der Waals surface area contributed by atoms with E-state index >= 15 is 0 Å². The van der Waals surface area contributed by atoms with Gasteiger partial charge in [0.05, 0.1) is 19.4 Å². The first kappa shape index (κ1) is 24.6. The summed E-state index contributed by atoms with van der Waals surface area (Å²) < 4.78 is 10.9. The van der Waals surface area contributed by atoms with E-state index in [1.54, 1.807) is 37.6 Å². The van der Waals surface area contributed by atoms with E-state index < -0.39 is 11.8 Å². The van der Waals surface area contributed by atoms with Crippen LogP contribution in [0.5, 0.6) is 5.75 Å². The Bertz CT molecular complexity index is 1100. The zero-order valence-electron chi connectivity index (χ0n) is 19.6. The Kier molecular flexibility index (Phi) is 8.28. The van der Waals surface area contributed by atoms with Crippen molar-refractivity contribution >= 4 is 29.1 Å². The molecular formula is C26H29ClN4O4. The maximum atomic E-state index is 12.5. The van der Waals surface area contributed by atoms with Crippen molar-refractivity contribution in [1.82, 2.24) is 15.5 Å². The highest BCUT2D eigenvalue weighted by atomic mass is 35.5. The van der Waals surface area contributed by atoms with Crippen LogP contribution >= 0.6 is 11.6 Å². The Hall–Kier alpha value is -3.49. The van der Waals surface area contributed by atoms with Crippen LogP contribution in [0.25, 0.3) is 0 Å². The van der Waals surface area contributed by atoms with E-state index in [9.17, 15) is 9.59 Å². The third-order valence-corrected chi connectivity index (χ3v) is 6.34. The molecule has 3 aromatic rings. The van der Waals surface area contributed by atoms with Gasteiger partial charge in [-0.15, -0.1) is 0 Å². The molecule has 0 bridgehead atoms. The number of methoxy groups -OCH3 is 1. The molecule has 0 radical (unpaired) electrons. The summed E-state index contributed by atoms with van der Waals surface area (Å²) in [7, 11) is 1.66. The number of furan rings is 1. The Morgan fingerprint density at radius 2 is 1.66 bits per heavy atom. The summed E-state index contributed by atoms with van der Waals surface area (Å²) in [4.78, 5) is 29.3. The smallest absolute Gasteiger partial charge is 0.309 e. The largest absolute Gasteiger partial charge is 0.497 e. The number of amides is 2. The molecule has 0 saturated carbocycles. The first-order valence-corrected chi connectivity index (χ1v) is 11.9. The fraction of sp³-hybridized carbons (Fsp3) is 0.308. The molecule has 2 aromatic carbocycles. The van der Waals surface area contributed by atoms with Crippen LogP contribution in [-0.4, -0.2) is 56.5 Å². The third-order valence-electron chi connectivity index (χ3n) is 6.09. The van der Waals surface area contributed by atoms with Gasteiger partial charge in [0.1, 0.15) is 11.5 Å². The van der Waals surface area contributed by atoms with Crippen molar-refractivity contribution in [2.24, 2.45) is 0 Å². The number of piperazine rings is 1. The van der Waals surface area contributed by atoms with Crippen molar-refractivity contribution in [3.8, 4) is 5.75 Å². The number of carbonyl (C=O) groups is 2. The Morgan fingerprint density at radius 1 is 0.971 bits per heavy atom. The number of carbonyl (C=O) groups excluding carboxylic acids is 2. The SMILES string of the molecule is COc1ccc(N2CCN([C@@H](CNC(=O)C(=O)NCc3ccc(Cl)cc3)c3ccco3)CC2)cc1. The lowest BCUT2D eigenvalue weighted by atomic mass is 10.1. The molecule has 9 heteroatoms. The molecule has 1 aromatic heterocycles. The molecular weight excluding hydrogens is 468 g/mol. The van der Waals surface area contributed by atoms with Crippen LogP contribution < -0.4 is 20.3 Å². The van der Waals surface area contributed by atoms with Crippen molar-refractivity contribution in [2.45, 2.75) is 12.6 Å². The number of benzene rings is 2. The summed E-state index contributed by atoms with van der Waals surface area (Å²) in [6, 6.07) is 18.7. The van der Waals surface area contributed by atoms with E-state index in [1.807, 2.05) is 24.3 Å².